The predicted octanol–water partition coefficient (Wildman–Crippen LogP) is -0.204. The fourth-order valence-corrected chi connectivity index (χ4v) is 0.641. The smallest absolute Gasteiger partial charge is 0.180 e. The van der Waals surface area contributed by atoms with E-state index in [0.29, 0.717) is 12.4 Å². The van der Waals surface area contributed by atoms with Crippen LogP contribution in [0.4, 0.5) is 0 Å². The molecule has 0 bridgehead atoms. The van der Waals surface area contributed by atoms with Crippen LogP contribution >= 0.6 is 0 Å². The van der Waals surface area contributed by atoms with E-state index in [9.17, 15) is 0 Å². The van der Waals surface area contributed by atoms with Gasteiger partial charge in [-0.3, -0.25) is 4.99 Å². The van der Waals surface area contributed by atoms with E-state index in [4.69, 9.17) is 9.84 Å². The maximum atomic E-state index is 8.49. The van der Waals surface area contributed by atoms with Gasteiger partial charge >= 0.3 is 0 Å². The van der Waals surface area contributed by atoms with Crippen molar-refractivity contribution in [3.8, 4) is 0 Å². The summed E-state index contributed by atoms with van der Waals surface area (Å²) >= 11 is 0. The molecule has 8 heavy (non-hydrogen) atoms. The van der Waals surface area contributed by atoms with E-state index >= 15 is 0 Å². The van der Waals surface area contributed by atoms with Crippen molar-refractivity contribution < 1.29 is 9.84 Å². The molecule has 0 aliphatic carbocycles. The van der Waals surface area contributed by atoms with Gasteiger partial charge in [-0.25, -0.2) is 0 Å². The van der Waals surface area contributed by atoms with Crippen LogP contribution in [0.1, 0.15) is 6.92 Å². The first kappa shape index (κ1) is 5.56. The second-order valence-electron chi connectivity index (χ2n) is 1.78. The van der Waals surface area contributed by atoms with Crippen LogP contribution in [-0.4, -0.2) is 30.3 Å². The van der Waals surface area contributed by atoms with Crippen LogP contribution in [0.3, 0.4) is 0 Å². The molecule has 0 saturated heterocycles. The van der Waals surface area contributed by atoms with Crippen molar-refractivity contribution in [2.45, 2.75) is 13.0 Å². The van der Waals surface area contributed by atoms with E-state index in [1.54, 1.807) is 6.92 Å². The summed E-state index contributed by atoms with van der Waals surface area (Å²) < 4.78 is 5.01. The van der Waals surface area contributed by atoms with E-state index in [1.165, 1.54) is 0 Å². The van der Waals surface area contributed by atoms with Crippen LogP contribution in [0.25, 0.3) is 0 Å². The van der Waals surface area contributed by atoms with Gasteiger partial charge < -0.3 is 9.84 Å². The highest BCUT2D eigenvalue weighted by Crippen LogP contribution is 2.01. The molecule has 1 unspecified atom stereocenters. The standard InChI is InChI=1S/C5H9NO2/c1-4-6-2-5(3-7)8-4/h5,7H,2-3H2,1H3. The minimum Gasteiger partial charge on any atom is -0.474 e. The third kappa shape index (κ3) is 0.980. The SMILES string of the molecule is CC1=NCC(CO)O1. The maximum absolute atomic E-state index is 8.49. The molecule has 0 saturated carbocycles. The maximum Gasteiger partial charge on any atom is 0.180 e. The molecule has 3 heteroatoms. The molecule has 0 aromatic carbocycles. The number of hydrogen-bond donors (Lipinski definition) is 1. The molecule has 0 spiro atoms. The van der Waals surface area contributed by atoms with Crippen molar-refractivity contribution >= 4 is 5.90 Å². The summed E-state index contributed by atoms with van der Waals surface area (Å²) in [6, 6.07) is 0. The molecule has 46 valence electrons. The van der Waals surface area contributed by atoms with Gasteiger partial charge in [0.05, 0.1) is 13.2 Å². The minimum atomic E-state index is -0.0741. The van der Waals surface area contributed by atoms with Gasteiger partial charge in [-0.2, -0.15) is 0 Å². The number of hydrogen-bond acceptors (Lipinski definition) is 3. The topological polar surface area (TPSA) is 41.8 Å². The van der Waals surface area contributed by atoms with Gasteiger partial charge in [0, 0.05) is 6.92 Å². The molecular weight excluding hydrogens is 106 g/mol. The fraction of sp³-hybridized carbons (Fsp3) is 0.800. The third-order valence-electron chi connectivity index (χ3n) is 1.06. The first-order valence-corrected chi connectivity index (χ1v) is 2.61. The van der Waals surface area contributed by atoms with Crippen LogP contribution in [0.5, 0.6) is 0 Å². The Balaban J connectivity index is 2.32. The van der Waals surface area contributed by atoms with E-state index in [-0.39, 0.29) is 12.7 Å². The van der Waals surface area contributed by atoms with Gasteiger partial charge in [-0.15, -0.1) is 0 Å². The quantitative estimate of drug-likeness (QED) is 0.514. The molecule has 0 amide bonds. The van der Waals surface area contributed by atoms with E-state index < -0.39 is 0 Å². The van der Waals surface area contributed by atoms with E-state index in [1.807, 2.05) is 0 Å². The molecule has 0 radical (unpaired) electrons. The Kier molecular flexibility index (Phi) is 1.48. The lowest BCUT2D eigenvalue weighted by atomic mass is 10.4. The second-order valence-corrected chi connectivity index (χ2v) is 1.78. The van der Waals surface area contributed by atoms with Gasteiger partial charge in [-0.05, 0) is 0 Å². The highest BCUT2D eigenvalue weighted by atomic mass is 16.5. The lowest BCUT2D eigenvalue weighted by Gasteiger charge is -2.03. The van der Waals surface area contributed by atoms with Gasteiger partial charge in [0.2, 0.25) is 0 Å². The molecule has 0 fully saturated rings. The van der Waals surface area contributed by atoms with Crippen molar-refractivity contribution in [3.05, 3.63) is 0 Å². The number of rotatable bonds is 1. The number of aliphatic imine (C=N–C) groups is 1. The molecule has 0 aromatic rings. The highest BCUT2D eigenvalue weighted by Gasteiger charge is 2.13. The monoisotopic (exact) mass is 115 g/mol. The first-order chi connectivity index (χ1) is 3.83. The lowest BCUT2D eigenvalue weighted by Crippen LogP contribution is -2.16. The Morgan fingerprint density at radius 2 is 2.75 bits per heavy atom. The van der Waals surface area contributed by atoms with Crippen molar-refractivity contribution in [1.82, 2.24) is 0 Å². The van der Waals surface area contributed by atoms with Gasteiger partial charge in [0.15, 0.2) is 5.90 Å². The molecule has 0 aromatic heterocycles. The number of nitrogens with zero attached hydrogens (tertiary/aromatic N) is 1. The average molecular weight is 115 g/mol. The Labute approximate surface area is 48.0 Å². The van der Waals surface area contributed by atoms with Crippen LogP contribution in [0.15, 0.2) is 4.99 Å². The first-order valence-electron chi connectivity index (χ1n) is 2.61. The molecule has 1 rings (SSSR count). The molecular formula is C5H9NO2. The normalized spacial score (nSPS) is 27.2. The number of aliphatic hydroxyl groups excluding tert-OH is 1. The predicted molar refractivity (Wildman–Crippen MR) is 29.9 cm³/mol. The van der Waals surface area contributed by atoms with Gasteiger partial charge in [-0.1, -0.05) is 0 Å². The van der Waals surface area contributed by atoms with Crippen molar-refractivity contribution in [1.29, 1.82) is 0 Å². The van der Waals surface area contributed by atoms with Crippen LogP contribution < -0.4 is 0 Å². The van der Waals surface area contributed by atoms with Crippen molar-refractivity contribution in [2.75, 3.05) is 13.2 Å². The summed E-state index contributed by atoms with van der Waals surface area (Å²) in [6.45, 7) is 2.47. The summed E-state index contributed by atoms with van der Waals surface area (Å²) in [5, 5.41) is 8.49. The van der Waals surface area contributed by atoms with Crippen molar-refractivity contribution in [2.24, 2.45) is 4.99 Å². The zero-order chi connectivity index (χ0) is 5.98. The lowest BCUT2D eigenvalue weighted by molar-refractivity contribution is 0.129. The molecule has 3 nitrogen and oxygen atoms in total. The van der Waals surface area contributed by atoms with Crippen LogP contribution in [0, 0.1) is 0 Å². The average Bonchev–Trinajstić information content (AvgIpc) is 2.14. The molecule has 1 aliphatic rings. The Morgan fingerprint density at radius 1 is 2.00 bits per heavy atom. The molecule has 1 heterocycles. The third-order valence-corrected chi connectivity index (χ3v) is 1.06. The molecule has 1 atom stereocenters. The Morgan fingerprint density at radius 3 is 3.00 bits per heavy atom. The number of aliphatic hydroxyl groups is 1. The zero-order valence-corrected chi connectivity index (χ0v) is 4.79. The number of ether oxygens (including phenoxy) is 1. The van der Waals surface area contributed by atoms with E-state index in [2.05, 4.69) is 4.99 Å². The summed E-state index contributed by atoms with van der Waals surface area (Å²) in [7, 11) is 0. The summed E-state index contributed by atoms with van der Waals surface area (Å²) in [4.78, 5) is 3.92. The summed E-state index contributed by atoms with van der Waals surface area (Å²) in [5.74, 6) is 0.684. The highest BCUT2D eigenvalue weighted by molar-refractivity contribution is 5.74. The zero-order valence-electron chi connectivity index (χ0n) is 4.79. The van der Waals surface area contributed by atoms with Gasteiger partial charge in [0.25, 0.3) is 0 Å². The summed E-state index contributed by atoms with van der Waals surface area (Å²) in [5.41, 5.74) is 0. The second kappa shape index (κ2) is 2.13. The summed E-state index contributed by atoms with van der Waals surface area (Å²) in [6.07, 6.45) is -0.0741. The van der Waals surface area contributed by atoms with Crippen LogP contribution in [-0.2, 0) is 4.74 Å². The van der Waals surface area contributed by atoms with Crippen LogP contribution in [0.2, 0.25) is 0 Å². The van der Waals surface area contributed by atoms with E-state index in [0.717, 1.165) is 0 Å². The Bertz CT molecular complexity index is 111. The molecule has 1 aliphatic heterocycles. The van der Waals surface area contributed by atoms with Crippen molar-refractivity contribution in [3.63, 3.8) is 0 Å². The Hall–Kier alpha value is -0.570. The largest absolute Gasteiger partial charge is 0.474 e. The fourth-order valence-electron chi connectivity index (χ4n) is 0.641. The van der Waals surface area contributed by atoms with Gasteiger partial charge in [0.1, 0.15) is 6.10 Å². The minimum absolute atomic E-state index is 0.0703. The molecule has 1 N–H and O–H groups in total.